The van der Waals surface area contributed by atoms with Crippen LogP contribution in [-0.4, -0.2) is 48.9 Å². The van der Waals surface area contributed by atoms with Crippen molar-refractivity contribution in [3.63, 3.8) is 0 Å². The first kappa shape index (κ1) is 46.2. The molecule has 0 spiro atoms. The number of nitrogens with one attached hydrogen (secondary N) is 2. The molecule has 2 aromatic rings. The summed E-state index contributed by atoms with van der Waals surface area (Å²) in [6, 6.07) is 12.3. The van der Waals surface area contributed by atoms with Gasteiger partial charge in [0, 0.05) is 29.1 Å². The topological polar surface area (TPSA) is 111 Å². The van der Waals surface area contributed by atoms with E-state index in [1.165, 1.54) is 7.11 Å². The van der Waals surface area contributed by atoms with Gasteiger partial charge in [-0.25, -0.2) is 4.79 Å². The monoisotopic (exact) mass is 770 g/mol. The largest absolute Gasteiger partial charge is 0.478 e. The van der Waals surface area contributed by atoms with E-state index in [9.17, 15) is 19.2 Å². The molecule has 2 rings (SSSR count). The third-order valence-corrected chi connectivity index (χ3v) is 8.56. The molecule has 0 bridgehead atoms. The molecule has 0 saturated carbocycles. The Hall–Kier alpha value is -4.95. The summed E-state index contributed by atoms with van der Waals surface area (Å²) in [6.45, 7) is 5.80. The second-order valence-electron chi connectivity index (χ2n) is 13.3. The number of carbonyl (C=O) groups excluding carboxylic acids is 4. The highest BCUT2D eigenvalue weighted by Gasteiger charge is 2.33. The maximum atomic E-state index is 13.2. The molecule has 9 heteroatoms. The first-order valence-electron chi connectivity index (χ1n) is 19.2. The highest BCUT2D eigenvalue weighted by molar-refractivity contribution is 6.30. The molecule has 0 aliphatic carbocycles. The van der Waals surface area contributed by atoms with Crippen LogP contribution in [-0.2, 0) is 19.1 Å². The lowest BCUT2D eigenvalue weighted by Crippen LogP contribution is -2.52. The summed E-state index contributed by atoms with van der Waals surface area (Å²) in [4.78, 5) is 50.7. The molecule has 0 aromatic heterocycles. The Morgan fingerprint density at radius 2 is 1.20 bits per heavy atom. The van der Waals surface area contributed by atoms with E-state index in [2.05, 4.69) is 84.4 Å². The van der Waals surface area contributed by atoms with Crippen molar-refractivity contribution in [3.05, 3.63) is 138 Å². The number of ether oxygens (including phenoxy) is 2. The number of rotatable bonds is 26. The van der Waals surface area contributed by atoms with Gasteiger partial charge in [0.05, 0.1) is 7.11 Å². The molecule has 0 saturated heterocycles. The number of ketones is 1. The molecular formula is C46H59ClN2O6. The average molecular weight is 771 g/mol. The molecule has 0 heterocycles. The van der Waals surface area contributed by atoms with Crippen molar-refractivity contribution in [2.24, 2.45) is 0 Å². The molecular weight excluding hydrogens is 712 g/mol. The van der Waals surface area contributed by atoms with E-state index in [0.29, 0.717) is 60.5 Å². The molecule has 8 nitrogen and oxygen atoms in total. The normalized spacial score (nSPS) is 12.7. The second-order valence-corrected chi connectivity index (χ2v) is 13.8. The quantitative estimate of drug-likeness (QED) is 0.0427. The summed E-state index contributed by atoms with van der Waals surface area (Å²) in [5.41, 5.74) is -0.361. The van der Waals surface area contributed by atoms with Gasteiger partial charge in [0.2, 0.25) is 5.91 Å². The SMILES string of the molecule is CC/C=C\C/C=C\C/C=C\C/C=C\C/C=C\C/C=C\CCC(=O)NCCCCC(NC(=O)C(C)(C)Oc1ccc(C(=O)c2ccc(Cl)cc2)cc1)C(=O)OC. The fourth-order valence-corrected chi connectivity index (χ4v) is 5.28. The van der Waals surface area contributed by atoms with Gasteiger partial charge in [0.25, 0.3) is 5.91 Å². The Kier molecular flexibility index (Phi) is 23.2. The molecule has 2 aromatic carbocycles. The van der Waals surface area contributed by atoms with E-state index in [4.69, 9.17) is 21.1 Å². The molecule has 55 heavy (non-hydrogen) atoms. The van der Waals surface area contributed by atoms with E-state index in [1.807, 2.05) is 6.08 Å². The molecule has 0 fully saturated rings. The summed E-state index contributed by atoms with van der Waals surface area (Å²) in [5, 5.41) is 6.21. The Morgan fingerprint density at radius 1 is 0.709 bits per heavy atom. The van der Waals surface area contributed by atoms with E-state index < -0.39 is 23.5 Å². The van der Waals surface area contributed by atoms with Crippen LogP contribution in [0.3, 0.4) is 0 Å². The Bertz CT molecular complexity index is 1640. The summed E-state index contributed by atoms with van der Waals surface area (Å²) < 4.78 is 10.9. The van der Waals surface area contributed by atoms with Crippen LogP contribution in [0.1, 0.15) is 107 Å². The molecule has 2 N–H and O–H groups in total. The maximum Gasteiger partial charge on any atom is 0.328 e. The second kappa shape index (κ2) is 27.6. The van der Waals surface area contributed by atoms with Crippen molar-refractivity contribution >= 4 is 35.2 Å². The highest BCUT2D eigenvalue weighted by atomic mass is 35.5. The number of allylic oxidation sites excluding steroid dienone is 12. The molecule has 1 atom stereocenters. The van der Waals surface area contributed by atoms with Gasteiger partial charge in [0.1, 0.15) is 11.8 Å². The van der Waals surface area contributed by atoms with Crippen LogP contribution in [0.25, 0.3) is 0 Å². The van der Waals surface area contributed by atoms with Crippen LogP contribution in [0, 0.1) is 0 Å². The van der Waals surface area contributed by atoms with Gasteiger partial charge in [-0.3, -0.25) is 14.4 Å². The number of hydrogen-bond acceptors (Lipinski definition) is 6. The smallest absolute Gasteiger partial charge is 0.328 e. The van der Waals surface area contributed by atoms with Crippen LogP contribution in [0.4, 0.5) is 0 Å². The molecule has 0 aliphatic rings. The first-order chi connectivity index (χ1) is 26.6. The molecule has 2 amide bonds. The fraction of sp³-hybridized carbons (Fsp3) is 0.391. The molecule has 1 unspecified atom stereocenters. The molecule has 0 radical (unpaired) electrons. The Labute approximate surface area is 333 Å². The van der Waals surface area contributed by atoms with Crippen LogP contribution in [0.2, 0.25) is 5.02 Å². The van der Waals surface area contributed by atoms with Gasteiger partial charge in [-0.2, -0.15) is 0 Å². The van der Waals surface area contributed by atoms with Crippen LogP contribution in [0.15, 0.2) is 121 Å². The van der Waals surface area contributed by atoms with Gasteiger partial charge in [-0.15, -0.1) is 0 Å². The zero-order chi connectivity index (χ0) is 40.2. The summed E-state index contributed by atoms with van der Waals surface area (Å²) in [5.74, 6) is -0.860. The van der Waals surface area contributed by atoms with Crippen molar-refractivity contribution < 1.29 is 28.7 Å². The van der Waals surface area contributed by atoms with Gasteiger partial charge in [-0.05, 0) is 127 Å². The average Bonchev–Trinajstić information content (AvgIpc) is 3.18. The van der Waals surface area contributed by atoms with E-state index >= 15 is 0 Å². The van der Waals surface area contributed by atoms with E-state index in [-0.39, 0.29) is 11.7 Å². The zero-order valence-corrected chi connectivity index (χ0v) is 33.7. The number of esters is 1. The zero-order valence-electron chi connectivity index (χ0n) is 32.9. The highest BCUT2D eigenvalue weighted by Crippen LogP contribution is 2.22. The lowest BCUT2D eigenvalue weighted by Gasteiger charge is -2.27. The Morgan fingerprint density at radius 3 is 1.71 bits per heavy atom. The van der Waals surface area contributed by atoms with Gasteiger partial charge in [0.15, 0.2) is 11.4 Å². The third kappa shape index (κ3) is 20.3. The van der Waals surface area contributed by atoms with Crippen LogP contribution in [0.5, 0.6) is 5.75 Å². The van der Waals surface area contributed by atoms with Gasteiger partial charge in [-0.1, -0.05) is 91.4 Å². The van der Waals surface area contributed by atoms with Crippen LogP contribution >= 0.6 is 11.6 Å². The lowest BCUT2D eigenvalue weighted by atomic mass is 10.0. The summed E-state index contributed by atoms with van der Waals surface area (Å²) in [6.07, 6.45) is 34.2. The lowest BCUT2D eigenvalue weighted by molar-refractivity contribution is -0.147. The van der Waals surface area contributed by atoms with E-state index in [1.54, 1.807) is 62.4 Å². The van der Waals surface area contributed by atoms with Crippen molar-refractivity contribution in [2.45, 2.75) is 103 Å². The predicted molar refractivity (Wildman–Crippen MR) is 224 cm³/mol. The first-order valence-corrected chi connectivity index (χ1v) is 19.6. The number of benzene rings is 2. The summed E-state index contributed by atoms with van der Waals surface area (Å²) in [7, 11) is 1.27. The van der Waals surface area contributed by atoms with Gasteiger partial charge >= 0.3 is 5.97 Å². The number of halogens is 1. The molecule has 296 valence electrons. The Balaban J connectivity index is 1.62. The van der Waals surface area contributed by atoms with E-state index in [0.717, 1.165) is 38.5 Å². The minimum absolute atomic E-state index is 0.0290. The number of hydrogen-bond donors (Lipinski definition) is 2. The third-order valence-electron chi connectivity index (χ3n) is 8.31. The standard InChI is InChI=1S/C46H59ClN2O6/c1-5-6-7-8-9-10-11-12-13-14-15-16-17-18-19-20-21-22-23-27-42(50)48-36-25-24-26-41(44(52)54-4)49-45(53)46(2,3)55-40-34-30-38(31-35-40)43(51)37-28-32-39(47)33-29-37/h6-7,9-10,12-13,15-16,18-19,21-22,28-35,41H,5,8,11,14,17,20,23-27,36H2,1-4H3,(H,48,50)(H,49,53)/b7-6-,10-9-,13-12-,16-15-,19-18-,22-21-. The summed E-state index contributed by atoms with van der Waals surface area (Å²) >= 11 is 5.92. The number of unbranched alkanes of at least 4 members (excludes halogenated alkanes) is 1. The number of amides is 2. The van der Waals surface area contributed by atoms with Gasteiger partial charge < -0.3 is 20.1 Å². The maximum absolute atomic E-state index is 13.2. The van der Waals surface area contributed by atoms with Crippen molar-refractivity contribution in [1.82, 2.24) is 10.6 Å². The van der Waals surface area contributed by atoms with Crippen LogP contribution < -0.4 is 15.4 Å². The molecule has 0 aliphatic heterocycles. The van der Waals surface area contributed by atoms with Crippen molar-refractivity contribution in [3.8, 4) is 5.75 Å². The minimum atomic E-state index is -1.33. The fourth-order valence-electron chi connectivity index (χ4n) is 5.15. The van der Waals surface area contributed by atoms with Crippen molar-refractivity contribution in [2.75, 3.05) is 13.7 Å². The number of methoxy groups -OCH3 is 1. The van der Waals surface area contributed by atoms with Crippen molar-refractivity contribution in [1.29, 1.82) is 0 Å². The minimum Gasteiger partial charge on any atom is -0.478 e. The number of carbonyl (C=O) groups is 4. The predicted octanol–water partition coefficient (Wildman–Crippen LogP) is 10.2.